The molecule has 2 atom stereocenters. The summed E-state index contributed by atoms with van der Waals surface area (Å²) in [6.07, 6.45) is 90.5. The second-order valence-corrected chi connectivity index (χ2v) is 22.9. The molecule has 0 heterocycles. The van der Waals surface area contributed by atoms with Crippen molar-refractivity contribution >= 4 is 5.91 Å². The Hall–Kier alpha value is -1.65. The lowest BCUT2D eigenvalue weighted by Crippen LogP contribution is -2.45. The molecule has 0 aromatic heterocycles. The number of allylic oxidation sites excluding steroid dienone is 7. The normalized spacial score (nSPS) is 13.0. The van der Waals surface area contributed by atoms with E-state index < -0.39 is 12.1 Å². The van der Waals surface area contributed by atoms with E-state index in [1.165, 1.54) is 308 Å². The first kappa shape index (κ1) is 71.3. The molecule has 4 heteroatoms. The highest BCUT2D eigenvalue weighted by atomic mass is 16.3. The lowest BCUT2D eigenvalue weighted by Gasteiger charge is -2.19. The number of hydrogen-bond acceptors (Lipinski definition) is 3. The average Bonchev–Trinajstić information content (AvgIpc) is 3.40. The molecule has 0 fully saturated rings. The van der Waals surface area contributed by atoms with Gasteiger partial charge in [-0.05, 0) is 64.2 Å². The van der Waals surface area contributed by atoms with Crippen LogP contribution in [0.1, 0.15) is 367 Å². The average molecular weight is 1020 g/mol. The molecule has 0 rings (SSSR count). The van der Waals surface area contributed by atoms with E-state index in [0.29, 0.717) is 6.42 Å². The zero-order valence-electron chi connectivity index (χ0n) is 49.7. The standard InChI is InChI=1S/C69H131NO3/c1-3-5-7-9-11-13-15-17-19-21-23-25-27-29-30-31-32-33-34-35-36-37-38-39-40-41-43-45-47-49-51-53-55-57-59-61-63-65-69(73)70-67(66-71)68(72)64-62-60-58-56-54-52-50-48-46-44-42-28-26-24-22-20-18-16-14-12-10-8-6-4-2/h15,17,21,23,54,56,62,64,67-68,71-72H,3-14,16,18-20,22,24-53,55,57-61,63,65-66H2,1-2H3,(H,70,73)/b17-15-,23-21-,56-54+,64-62+. The van der Waals surface area contributed by atoms with Gasteiger partial charge in [0, 0.05) is 6.42 Å². The summed E-state index contributed by atoms with van der Waals surface area (Å²) in [5.74, 6) is -0.0666. The van der Waals surface area contributed by atoms with E-state index in [1.807, 2.05) is 6.08 Å². The molecule has 0 aliphatic rings. The van der Waals surface area contributed by atoms with Crippen LogP contribution >= 0.6 is 0 Å². The fourth-order valence-electron chi connectivity index (χ4n) is 10.5. The Morgan fingerprint density at radius 2 is 0.575 bits per heavy atom. The first-order chi connectivity index (χ1) is 36.2. The van der Waals surface area contributed by atoms with Crippen molar-refractivity contribution in [3.8, 4) is 0 Å². The molecule has 4 nitrogen and oxygen atoms in total. The minimum Gasteiger partial charge on any atom is -0.394 e. The van der Waals surface area contributed by atoms with Crippen LogP contribution in [0.25, 0.3) is 0 Å². The van der Waals surface area contributed by atoms with E-state index in [-0.39, 0.29) is 12.5 Å². The van der Waals surface area contributed by atoms with Crippen molar-refractivity contribution in [3.63, 3.8) is 0 Å². The molecule has 2 unspecified atom stereocenters. The number of carbonyl (C=O) groups is 1. The Labute approximate surface area is 458 Å². The third-order valence-corrected chi connectivity index (χ3v) is 15.5. The fourth-order valence-corrected chi connectivity index (χ4v) is 10.5. The summed E-state index contributed by atoms with van der Waals surface area (Å²) >= 11 is 0. The molecule has 73 heavy (non-hydrogen) atoms. The maximum Gasteiger partial charge on any atom is 0.220 e. The van der Waals surface area contributed by atoms with Crippen LogP contribution in [0.3, 0.4) is 0 Å². The first-order valence-corrected chi connectivity index (χ1v) is 33.4. The monoisotopic (exact) mass is 1020 g/mol. The topological polar surface area (TPSA) is 69.6 Å². The summed E-state index contributed by atoms with van der Waals surface area (Å²) in [4.78, 5) is 12.5. The van der Waals surface area contributed by atoms with Crippen molar-refractivity contribution in [1.29, 1.82) is 0 Å². The van der Waals surface area contributed by atoms with Gasteiger partial charge in [0.1, 0.15) is 0 Å². The van der Waals surface area contributed by atoms with Crippen LogP contribution in [0, 0.1) is 0 Å². The summed E-state index contributed by atoms with van der Waals surface area (Å²) in [5.41, 5.74) is 0. The molecule has 0 aromatic carbocycles. The maximum absolute atomic E-state index is 12.5. The predicted molar refractivity (Wildman–Crippen MR) is 327 cm³/mol. The Morgan fingerprint density at radius 3 is 0.877 bits per heavy atom. The van der Waals surface area contributed by atoms with Gasteiger partial charge < -0.3 is 15.5 Å². The number of hydrogen-bond donors (Lipinski definition) is 3. The molecule has 0 saturated carbocycles. The summed E-state index contributed by atoms with van der Waals surface area (Å²) in [6, 6.07) is -0.639. The van der Waals surface area contributed by atoms with Gasteiger partial charge in [0.15, 0.2) is 0 Å². The van der Waals surface area contributed by atoms with Crippen LogP contribution in [0.5, 0.6) is 0 Å². The number of aliphatic hydroxyl groups is 2. The molecule has 0 bridgehead atoms. The van der Waals surface area contributed by atoms with Crippen LogP contribution in [0.4, 0.5) is 0 Å². The highest BCUT2D eigenvalue weighted by molar-refractivity contribution is 5.76. The van der Waals surface area contributed by atoms with E-state index in [2.05, 4.69) is 55.6 Å². The van der Waals surface area contributed by atoms with E-state index in [4.69, 9.17) is 0 Å². The second kappa shape index (κ2) is 64.6. The molecule has 0 radical (unpaired) electrons. The molecule has 0 aliphatic carbocycles. The minimum absolute atomic E-state index is 0.0666. The molecule has 0 saturated heterocycles. The van der Waals surface area contributed by atoms with Gasteiger partial charge in [-0.25, -0.2) is 0 Å². The molecular weight excluding hydrogens is 891 g/mol. The van der Waals surface area contributed by atoms with E-state index in [0.717, 1.165) is 38.5 Å². The fraction of sp³-hybridized carbons (Fsp3) is 0.870. The summed E-state index contributed by atoms with van der Waals surface area (Å²) in [7, 11) is 0. The van der Waals surface area contributed by atoms with Gasteiger partial charge in [0.2, 0.25) is 5.91 Å². The number of amides is 1. The van der Waals surface area contributed by atoms with E-state index in [1.54, 1.807) is 6.08 Å². The molecule has 0 aromatic rings. The zero-order valence-corrected chi connectivity index (χ0v) is 49.7. The van der Waals surface area contributed by atoms with Crippen molar-refractivity contribution in [1.82, 2.24) is 5.32 Å². The molecule has 1 amide bonds. The van der Waals surface area contributed by atoms with Crippen LogP contribution < -0.4 is 5.32 Å². The number of nitrogens with one attached hydrogen (secondary N) is 1. The predicted octanol–water partition coefficient (Wildman–Crippen LogP) is 22.5. The largest absolute Gasteiger partial charge is 0.394 e. The van der Waals surface area contributed by atoms with Crippen LogP contribution in [0.2, 0.25) is 0 Å². The van der Waals surface area contributed by atoms with Gasteiger partial charge in [-0.15, -0.1) is 0 Å². The lowest BCUT2D eigenvalue weighted by atomic mass is 10.0. The van der Waals surface area contributed by atoms with Gasteiger partial charge in [-0.1, -0.05) is 345 Å². The van der Waals surface area contributed by atoms with Crippen molar-refractivity contribution in [2.75, 3.05) is 6.61 Å². The number of rotatable bonds is 62. The van der Waals surface area contributed by atoms with Crippen LogP contribution in [0.15, 0.2) is 48.6 Å². The first-order valence-electron chi connectivity index (χ1n) is 33.4. The Kier molecular flexibility index (Phi) is 63.2. The van der Waals surface area contributed by atoms with Gasteiger partial charge in [-0.3, -0.25) is 4.79 Å². The SMILES string of the molecule is CCCCCCC/C=C\C/C=C\CCCCCCCCCCCCCCCCCCCCCCCCCCCC(=O)NC(CO)C(O)/C=C/CC/C=C/CCCCCCCCCCCCCCCCCCCC. The minimum atomic E-state index is -0.862. The highest BCUT2D eigenvalue weighted by Crippen LogP contribution is 2.18. The third-order valence-electron chi connectivity index (χ3n) is 15.5. The van der Waals surface area contributed by atoms with E-state index >= 15 is 0 Å². The third kappa shape index (κ3) is 61.1. The summed E-state index contributed by atoms with van der Waals surface area (Å²) in [5, 5.41) is 23.2. The van der Waals surface area contributed by atoms with Crippen LogP contribution in [-0.4, -0.2) is 34.9 Å². The highest BCUT2D eigenvalue weighted by Gasteiger charge is 2.18. The van der Waals surface area contributed by atoms with Crippen molar-refractivity contribution in [2.45, 2.75) is 379 Å². The molecular formula is C69H131NO3. The van der Waals surface area contributed by atoms with Gasteiger partial charge in [-0.2, -0.15) is 0 Å². The smallest absolute Gasteiger partial charge is 0.220 e. The van der Waals surface area contributed by atoms with Crippen molar-refractivity contribution < 1.29 is 15.0 Å². The molecule has 0 aliphatic heterocycles. The van der Waals surface area contributed by atoms with Gasteiger partial charge in [0.05, 0.1) is 18.8 Å². The summed E-state index contributed by atoms with van der Waals surface area (Å²) < 4.78 is 0. The molecule has 0 spiro atoms. The summed E-state index contributed by atoms with van der Waals surface area (Å²) in [6.45, 7) is 4.33. The lowest BCUT2D eigenvalue weighted by molar-refractivity contribution is -0.123. The van der Waals surface area contributed by atoms with Gasteiger partial charge >= 0.3 is 0 Å². The quantitative estimate of drug-likeness (QED) is 0.0420. The maximum atomic E-state index is 12.5. The van der Waals surface area contributed by atoms with Crippen LogP contribution in [-0.2, 0) is 4.79 Å². The zero-order chi connectivity index (χ0) is 52.7. The molecule has 3 N–H and O–H groups in total. The second-order valence-electron chi connectivity index (χ2n) is 22.9. The number of carbonyl (C=O) groups excluding carboxylic acids is 1. The van der Waals surface area contributed by atoms with E-state index in [9.17, 15) is 15.0 Å². The van der Waals surface area contributed by atoms with Crippen molar-refractivity contribution in [3.05, 3.63) is 48.6 Å². The Morgan fingerprint density at radius 1 is 0.329 bits per heavy atom. The number of unbranched alkanes of at least 4 members (excludes halogenated alkanes) is 49. The Balaban J connectivity index is 3.44. The Bertz CT molecular complexity index is 1160. The van der Waals surface area contributed by atoms with Gasteiger partial charge in [0.25, 0.3) is 0 Å². The van der Waals surface area contributed by atoms with Crippen molar-refractivity contribution in [2.24, 2.45) is 0 Å². The molecule has 430 valence electrons. The number of aliphatic hydroxyl groups excluding tert-OH is 2.